The van der Waals surface area contributed by atoms with Gasteiger partial charge in [0, 0.05) is 92.9 Å². The molecule has 11 rings (SSSR count). The topological polar surface area (TPSA) is 205 Å². The van der Waals surface area contributed by atoms with Gasteiger partial charge in [0.05, 0.1) is 27.2 Å². The number of ether oxygens (including phenoxy) is 3. The number of H-pyrrole nitrogens is 1. The fourth-order valence-corrected chi connectivity index (χ4v) is 13.3. The fraction of sp³-hybridized carbons (Fsp3) is 0.439. The number of aromatic nitrogens is 2. The molecule has 0 radical (unpaired) electrons. The van der Waals surface area contributed by atoms with Gasteiger partial charge in [-0.05, 0) is 129 Å². The first-order valence-electron chi connectivity index (χ1n) is 26.4. The predicted octanol–water partition coefficient (Wildman–Crippen LogP) is 9.90. The van der Waals surface area contributed by atoms with Crippen LogP contribution in [0.3, 0.4) is 0 Å². The van der Waals surface area contributed by atoms with E-state index >= 15 is 0 Å². The van der Waals surface area contributed by atoms with Crippen LogP contribution in [0.4, 0.5) is 17.1 Å². The van der Waals surface area contributed by atoms with E-state index in [0.29, 0.717) is 42.7 Å². The largest absolute Gasteiger partial charge is 0.455 e. The van der Waals surface area contributed by atoms with Crippen molar-refractivity contribution in [1.29, 1.82) is 0 Å². The molecule has 2 saturated carbocycles. The highest BCUT2D eigenvalue weighted by atomic mass is 32.2. The van der Waals surface area contributed by atoms with E-state index < -0.39 is 37.0 Å². The molecule has 5 heterocycles. The zero-order chi connectivity index (χ0) is 52.1. The normalized spacial score (nSPS) is 22.1. The summed E-state index contributed by atoms with van der Waals surface area (Å²) in [5.41, 5.74) is 4.68. The average molecular weight is 1040 g/mol. The molecule has 1 amide bonds. The van der Waals surface area contributed by atoms with E-state index in [1.807, 2.05) is 25.1 Å². The maximum absolute atomic E-state index is 14.1. The summed E-state index contributed by atoms with van der Waals surface area (Å²) in [6.07, 6.45) is 10.4. The van der Waals surface area contributed by atoms with Crippen molar-refractivity contribution in [3.8, 4) is 23.0 Å². The Morgan fingerprint density at radius 1 is 0.960 bits per heavy atom. The first-order valence-corrected chi connectivity index (χ1v) is 27.8. The van der Waals surface area contributed by atoms with Gasteiger partial charge in [-0.2, -0.15) is 0 Å². The number of aromatic amines is 1. The molecule has 4 fully saturated rings. The molecule has 6 aromatic rings. The molecule has 3 aliphatic heterocycles. The molecular formula is C57H66N8O9S. The summed E-state index contributed by atoms with van der Waals surface area (Å²) >= 11 is 0. The van der Waals surface area contributed by atoms with Crippen molar-refractivity contribution in [1.82, 2.24) is 24.5 Å². The molecule has 18 heteroatoms. The lowest BCUT2D eigenvalue weighted by Gasteiger charge is -2.58. The van der Waals surface area contributed by atoms with Gasteiger partial charge < -0.3 is 34.5 Å². The molecule has 1 atom stereocenters. The number of nitrogens with zero attached hydrogens (tertiary/aromatic N) is 5. The van der Waals surface area contributed by atoms with Gasteiger partial charge in [0.15, 0.2) is 11.5 Å². The van der Waals surface area contributed by atoms with Crippen molar-refractivity contribution < 1.29 is 37.5 Å². The molecule has 75 heavy (non-hydrogen) atoms. The van der Waals surface area contributed by atoms with Gasteiger partial charge in [-0.15, -0.1) is 0 Å². The number of nitrogens with one attached hydrogen (secondary N) is 3. The number of fused-ring (bicyclic) bond motifs is 2. The number of carbonyl (C=O) groups is 1. The molecule has 5 aliphatic rings. The molecule has 0 bridgehead atoms. The molecule has 1 unspecified atom stereocenters. The highest BCUT2D eigenvalue weighted by Gasteiger charge is 2.50. The van der Waals surface area contributed by atoms with Crippen molar-refractivity contribution in [2.24, 2.45) is 11.3 Å². The minimum absolute atomic E-state index is 0.0326. The molecule has 2 aromatic heterocycles. The van der Waals surface area contributed by atoms with Crippen LogP contribution in [0.15, 0.2) is 108 Å². The number of nitro groups is 1. The Morgan fingerprint density at radius 3 is 2.55 bits per heavy atom. The Labute approximate surface area is 437 Å². The zero-order valence-electron chi connectivity index (χ0n) is 42.8. The van der Waals surface area contributed by atoms with Crippen molar-refractivity contribution in [2.75, 3.05) is 56.3 Å². The lowest BCUT2D eigenvalue weighted by atomic mass is 9.59. The van der Waals surface area contributed by atoms with Gasteiger partial charge >= 0.3 is 0 Å². The maximum atomic E-state index is 14.1. The molecule has 1 spiro atoms. The second kappa shape index (κ2) is 20.4. The van der Waals surface area contributed by atoms with Gasteiger partial charge in [-0.25, -0.2) is 18.1 Å². The number of amides is 1. The predicted molar refractivity (Wildman–Crippen MR) is 286 cm³/mol. The van der Waals surface area contributed by atoms with E-state index in [1.165, 1.54) is 23.3 Å². The first kappa shape index (κ1) is 50.4. The van der Waals surface area contributed by atoms with Crippen LogP contribution < -0.4 is 29.1 Å². The van der Waals surface area contributed by atoms with Crippen LogP contribution in [-0.4, -0.2) is 102 Å². The third kappa shape index (κ3) is 10.6. The van der Waals surface area contributed by atoms with E-state index in [2.05, 4.69) is 85.0 Å². The van der Waals surface area contributed by atoms with Crippen LogP contribution in [-0.2, 0) is 16.6 Å². The van der Waals surface area contributed by atoms with Gasteiger partial charge in [0.25, 0.3) is 21.6 Å². The standard InChI is InChI=1S/C57H66N8O9S/c1-37(2)45-8-4-5-9-46(45)50-35-62(34-40-7-6-10-51-53(40)73-36-72-51)25-26-64(50)42-30-57(31-42)20-23-63(24-21-57)41-11-13-47(52(28-41)74-43-27-39-17-22-58-54(39)60-33-43)55(66)61-75(70,71)44-12-14-48(49(29-44)65(68)69)59-32-38-15-18-56(3,67)19-16-38/h4-14,17,22,27-29,33,37-38,42,50,59,67H,15-16,18-21,23-26,30-32,34-36H2,1-3H3,(H,58,60)(H,61,66)/t38-,50?,56-. The molecule has 2 aliphatic carbocycles. The van der Waals surface area contributed by atoms with Crippen LogP contribution in [0.1, 0.15) is 111 Å². The summed E-state index contributed by atoms with van der Waals surface area (Å²) < 4.78 is 47.9. The van der Waals surface area contributed by atoms with E-state index in [0.717, 1.165) is 112 Å². The Balaban J connectivity index is 0.781. The zero-order valence-corrected chi connectivity index (χ0v) is 43.6. The summed E-state index contributed by atoms with van der Waals surface area (Å²) in [6, 6.07) is 28.2. The summed E-state index contributed by atoms with van der Waals surface area (Å²) in [6.45, 7) is 12.3. The Hall–Kier alpha value is -6.73. The minimum atomic E-state index is -4.59. The van der Waals surface area contributed by atoms with Crippen molar-refractivity contribution >= 4 is 44.0 Å². The number of hydrogen-bond acceptors (Lipinski definition) is 14. The van der Waals surface area contributed by atoms with Gasteiger partial charge in [-0.1, -0.05) is 50.2 Å². The number of aliphatic hydroxyl groups is 1. The molecule has 4 N–H and O–H groups in total. The molecule has 394 valence electrons. The van der Waals surface area contributed by atoms with Crippen LogP contribution in [0.5, 0.6) is 23.0 Å². The first-order chi connectivity index (χ1) is 36.1. The SMILES string of the molecule is CC(C)c1ccccc1C1CN(Cc2cccc3c2OCO3)CCN1C1CC2(CCN(c3ccc(C(=O)NS(=O)(=O)c4ccc(NC[C@H]5CC[C@](C)(O)CC5)c([N+](=O)[O-])c4)c(Oc4cnc5[nH]ccc5c4)c3)CC2)C1. The van der Waals surface area contributed by atoms with Crippen LogP contribution in [0.25, 0.3) is 11.0 Å². The third-order valence-electron chi connectivity index (χ3n) is 16.6. The number of sulfonamides is 1. The number of pyridine rings is 1. The monoisotopic (exact) mass is 1040 g/mol. The van der Waals surface area contributed by atoms with Crippen LogP contribution in [0, 0.1) is 21.4 Å². The van der Waals surface area contributed by atoms with Crippen molar-refractivity contribution in [3.05, 3.63) is 136 Å². The number of nitro benzene ring substituents is 1. The summed E-state index contributed by atoms with van der Waals surface area (Å²) in [4.78, 5) is 40.5. The summed E-state index contributed by atoms with van der Waals surface area (Å²) in [7, 11) is -4.59. The molecular weight excluding hydrogens is 973 g/mol. The number of piperazine rings is 1. The quantitative estimate of drug-likeness (QED) is 0.0559. The molecule has 17 nitrogen and oxygen atoms in total. The number of piperidine rings is 1. The Morgan fingerprint density at radius 2 is 1.76 bits per heavy atom. The second-order valence-electron chi connectivity index (χ2n) is 22.0. The van der Waals surface area contributed by atoms with Gasteiger partial charge in [0.1, 0.15) is 22.8 Å². The lowest BCUT2D eigenvalue weighted by molar-refractivity contribution is -0.384. The fourth-order valence-electron chi connectivity index (χ4n) is 12.3. The van der Waals surface area contributed by atoms with Crippen LogP contribution in [0.2, 0.25) is 0 Å². The van der Waals surface area contributed by atoms with Crippen molar-refractivity contribution in [2.45, 2.75) is 107 Å². The van der Waals surface area contributed by atoms with Gasteiger partial charge in [0.2, 0.25) is 6.79 Å². The Kier molecular flexibility index (Phi) is 13.7. The Bertz CT molecular complexity index is 3210. The van der Waals surface area contributed by atoms with Crippen LogP contribution >= 0.6 is 0 Å². The number of hydrogen-bond donors (Lipinski definition) is 4. The van der Waals surface area contributed by atoms with E-state index in [1.54, 1.807) is 30.6 Å². The maximum Gasteiger partial charge on any atom is 0.293 e. The third-order valence-corrected chi connectivity index (χ3v) is 18.0. The van der Waals surface area contributed by atoms with E-state index in [4.69, 9.17) is 14.2 Å². The molecule has 2 saturated heterocycles. The number of para-hydroxylation sites is 1. The highest BCUT2D eigenvalue weighted by molar-refractivity contribution is 7.90. The number of benzene rings is 4. The number of rotatable bonds is 15. The van der Waals surface area contributed by atoms with Gasteiger partial charge in [-0.3, -0.25) is 24.7 Å². The summed E-state index contributed by atoms with van der Waals surface area (Å²) in [5.74, 6) is 1.82. The minimum Gasteiger partial charge on any atom is -0.455 e. The highest BCUT2D eigenvalue weighted by Crippen LogP contribution is 2.54. The summed E-state index contributed by atoms with van der Waals surface area (Å²) in [5, 5.41) is 26.5. The molecule has 4 aromatic carbocycles. The number of carbonyl (C=O) groups excluding carboxylic acids is 1. The smallest absolute Gasteiger partial charge is 0.293 e. The number of anilines is 2. The lowest BCUT2D eigenvalue weighted by Crippen LogP contribution is -2.60. The van der Waals surface area contributed by atoms with E-state index in [9.17, 15) is 28.4 Å². The van der Waals surface area contributed by atoms with E-state index in [-0.39, 0.29) is 41.2 Å². The van der Waals surface area contributed by atoms with Crippen molar-refractivity contribution in [3.63, 3.8) is 0 Å². The second-order valence-corrected chi connectivity index (χ2v) is 23.7. The average Bonchev–Trinajstić information content (AvgIpc) is 4.08.